The van der Waals surface area contributed by atoms with Gasteiger partial charge in [-0.25, -0.2) is 4.39 Å². The number of halogens is 1. The lowest BCUT2D eigenvalue weighted by molar-refractivity contribution is -0.140. The number of benzene rings is 3. The van der Waals surface area contributed by atoms with Crippen molar-refractivity contribution in [2.24, 2.45) is 0 Å². The van der Waals surface area contributed by atoms with Crippen LogP contribution in [0.2, 0.25) is 0 Å². The molecule has 1 amide bonds. The molecule has 1 unspecified atom stereocenters. The average molecular weight is 504 g/mol. The number of rotatable bonds is 9. The Morgan fingerprint density at radius 1 is 1.03 bits per heavy atom. The fourth-order valence-corrected chi connectivity index (χ4v) is 4.34. The lowest BCUT2D eigenvalue weighted by Crippen LogP contribution is -2.33. The third-order valence-electron chi connectivity index (χ3n) is 6.19. The van der Waals surface area contributed by atoms with Crippen molar-refractivity contribution in [3.05, 3.63) is 106 Å². The molecule has 1 N–H and O–H groups in total. The maximum absolute atomic E-state index is 13.6. The molecule has 0 spiro atoms. The molecule has 7 heteroatoms. The van der Waals surface area contributed by atoms with E-state index >= 15 is 0 Å². The number of hydrogen-bond acceptors (Lipinski definition) is 5. The molecule has 0 aliphatic carbocycles. The van der Waals surface area contributed by atoms with Crippen molar-refractivity contribution in [3.63, 3.8) is 0 Å². The molecule has 3 aromatic carbocycles. The van der Waals surface area contributed by atoms with E-state index in [1.807, 2.05) is 51.1 Å². The van der Waals surface area contributed by atoms with Gasteiger partial charge in [0.1, 0.15) is 23.9 Å². The molecule has 0 radical (unpaired) electrons. The van der Waals surface area contributed by atoms with Gasteiger partial charge in [-0.2, -0.15) is 0 Å². The first-order chi connectivity index (χ1) is 17.8. The van der Waals surface area contributed by atoms with E-state index in [4.69, 9.17) is 9.47 Å². The van der Waals surface area contributed by atoms with Gasteiger partial charge in [-0.1, -0.05) is 42.5 Å². The first kappa shape index (κ1) is 26.1. The molecule has 4 rings (SSSR count). The minimum absolute atomic E-state index is 0.0430. The minimum atomic E-state index is -0.870. The van der Waals surface area contributed by atoms with Gasteiger partial charge in [-0.15, -0.1) is 0 Å². The van der Waals surface area contributed by atoms with Crippen molar-refractivity contribution in [2.45, 2.75) is 39.5 Å². The van der Waals surface area contributed by atoms with Crippen LogP contribution in [-0.4, -0.2) is 41.0 Å². The fraction of sp³-hybridized carbons (Fsp3) is 0.267. The summed E-state index contributed by atoms with van der Waals surface area (Å²) in [5.74, 6) is -1.62. The molecular formula is C30H30FNO5. The van der Waals surface area contributed by atoms with Gasteiger partial charge in [-0.05, 0) is 67.8 Å². The van der Waals surface area contributed by atoms with Crippen LogP contribution in [0, 0.1) is 12.7 Å². The zero-order valence-corrected chi connectivity index (χ0v) is 21.1. The van der Waals surface area contributed by atoms with Crippen LogP contribution in [0.25, 0.3) is 5.76 Å². The summed E-state index contributed by atoms with van der Waals surface area (Å²) < 4.78 is 25.2. The minimum Gasteiger partial charge on any atom is -0.507 e. The van der Waals surface area contributed by atoms with Gasteiger partial charge < -0.3 is 19.5 Å². The monoisotopic (exact) mass is 503 g/mol. The molecule has 192 valence electrons. The summed E-state index contributed by atoms with van der Waals surface area (Å²) in [6.45, 7) is 6.35. The predicted octanol–water partition coefficient (Wildman–Crippen LogP) is 5.56. The number of hydrogen-bond donors (Lipinski definition) is 1. The molecule has 1 aliphatic heterocycles. The van der Waals surface area contributed by atoms with Gasteiger partial charge in [0, 0.05) is 12.1 Å². The molecule has 1 saturated heterocycles. The third-order valence-corrected chi connectivity index (χ3v) is 6.19. The van der Waals surface area contributed by atoms with Crippen LogP contribution in [-0.2, 0) is 20.9 Å². The predicted molar refractivity (Wildman–Crippen MR) is 138 cm³/mol. The standard InChI is InChI=1S/C30H30FNO5/c1-19(2)36-16-15-32-27(22-9-12-24(31)13-10-22)26(29(34)30(32)35)28(33)23-11-14-25(20(3)17-23)37-18-21-7-5-4-6-8-21/h4-14,17,19,27,33H,15-16,18H2,1-3H3/b28-26-. The summed E-state index contributed by atoms with van der Waals surface area (Å²) in [5.41, 5.74) is 2.64. The maximum Gasteiger partial charge on any atom is 0.295 e. The molecule has 37 heavy (non-hydrogen) atoms. The van der Waals surface area contributed by atoms with Crippen molar-refractivity contribution >= 4 is 17.4 Å². The molecule has 1 aliphatic rings. The quantitative estimate of drug-likeness (QED) is 0.235. The summed E-state index contributed by atoms with van der Waals surface area (Å²) in [5, 5.41) is 11.3. The fourth-order valence-electron chi connectivity index (χ4n) is 4.34. The topological polar surface area (TPSA) is 76.1 Å². The molecule has 1 fully saturated rings. The largest absolute Gasteiger partial charge is 0.507 e. The maximum atomic E-state index is 13.6. The van der Waals surface area contributed by atoms with Gasteiger partial charge in [0.05, 0.1) is 24.3 Å². The highest BCUT2D eigenvalue weighted by atomic mass is 19.1. The lowest BCUT2D eigenvalue weighted by Gasteiger charge is -2.25. The number of amides is 1. The van der Waals surface area contributed by atoms with Crippen LogP contribution >= 0.6 is 0 Å². The number of carbonyl (C=O) groups is 2. The number of carbonyl (C=O) groups excluding carboxylic acids is 2. The van der Waals surface area contributed by atoms with Crippen molar-refractivity contribution in [2.75, 3.05) is 13.2 Å². The Kier molecular flexibility index (Phi) is 8.04. The van der Waals surface area contributed by atoms with E-state index in [9.17, 15) is 19.1 Å². The molecule has 0 aromatic heterocycles. The Bertz CT molecular complexity index is 1300. The molecule has 3 aromatic rings. The van der Waals surface area contributed by atoms with Crippen LogP contribution < -0.4 is 4.74 Å². The zero-order valence-electron chi connectivity index (χ0n) is 21.1. The number of aliphatic hydroxyl groups excluding tert-OH is 1. The molecule has 0 bridgehead atoms. The van der Waals surface area contributed by atoms with Gasteiger partial charge in [0.2, 0.25) is 0 Å². The summed E-state index contributed by atoms with van der Waals surface area (Å²) in [4.78, 5) is 27.5. The van der Waals surface area contributed by atoms with Crippen LogP contribution in [0.3, 0.4) is 0 Å². The van der Waals surface area contributed by atoms with E-state index in [0.717, 1.165) is 11.1 Å². The number of ketones is 1. The van der Waals surface area contributed by atoms with Crippen molar-refractivity contribution in [1.29, 1.82) is 0 Å². The Balaban J connectivity index is 1.67. The highest BCUT2D eigenvalue weighted by Crippen LogP contribution is 2.39. The van der Waals surface area contributed by atoms with Crippen LogP contribution in [0.5, 0.6) is 5.75 Å². The third kappa shape index (κ3) is 5.89. The summed E-state index contributed by atoms with van der Waals surface area (Å²) >= 11 is 0. The Morgan fingerprint density at radius 2 is 1.73 bits per heavy atom. The first-order valence-electron chi connectivity index (χ1n) is 12.2. The van der Waals surface area contributed by atoms with Crippen LogP contribution in [0.15, 0.2) is 78.4 Å². The molecular weight excluding hydrogens is 473 g/mol. The molecule has 6 nitrogen and oxygen atoms in total. The molecule has 0 saturated carbocycles. The number of nitrogens with zero attached hydrogens (tertiary/aromatic N) is 1. The second-order valence-corrected chi connectivity index (χ2v) is 9.22. The first-order valence-corrected chi connectivity index (χ1v) is 12.2. The normalized spacial score (nSPS) is 17.0. The van der Waals surface area contributed by atoms with E-state index in [1.165, 1.54) is 29.2 Å². The Morgan fingerprint density at radius 3 is 2.38 bits per heavy atom. The van der Waals surface area contributed by atoms with E-state index in [2.05, 4.69) is 0 Å². The van der Waals surface area contributed by atoms with E-state index in [1.54, 1.807) is 18.2 Å². The summed E-state index contributed by atoms with van der Waals surface area (Å²) in [6, 6.07) is 19.5. The summed E-state index contributed by atoms with van der Waals surface area (Å²) in [7, 11) is 0. The highest BCUT2D eigenvalue weighted by Gasteiger charge is 2.46. The van der Waals surface area contributed by atoms with Crippen molar-refractivity contribution < 1.29 is 28.6 Å². The van der Waals surface area contributed by atoms with E-state index in [-0.39, 0.29) is 30.6 Å². The van der Waals surface area contributed by atoms with Gasteiger partial charge in [0.15, 0.2) is 0 Å². The summed E-state index contributed by atoms with van der Waals surface area (Å²) in [6.07, 6.45) is -0.0494. The second kappa shape index (κ2) is 11.4. The lowest BCUT2D eigenvalue weighted by atomic mass is 9.94. The number of aryl methyl sites for hydroxylation is 1. The molecule has 1 atom stereocenters. The van der Waals surface area contributed by atoms with Gasteiger partial charge >= 0.3 is 0 Å². The second-order valence-electron chi connectivity index (χ2n) is 9.22. The van der Waals surface area contributed by atoms with E-state index < -0.39 is 23.5 Å². The molecule has 1 heterocycles. The number of aliphatic hydroxyl groups is 1. The van der Waals surface area contributed by atoms with Gasteiger partial charge in [-0.3, -0.25) is 9.59 Å². The smallest absolute Gasteiger partial charge is 0.295 e. The van der Waals surface area contributed by atoms with Crippen molar-refractivity contribution in [3.8, 4) is 5.75 Å². The number of Topliss-reactive ketones (excluding diaryl/α,β-unsaturated/α-hetero) is 1. The average Bonchev–Trinajstić information content (AvgIpc) is 3.13. The van der Waals surface area contributed by atoms with E-state index in [0.29, 0.717) is 23.5 Å². The SMILES string of the molecule is Cc1cc(/C(O)=C2/C(=O)C(=O)N(CCOC(C)C)C2c2ccc(F)cc2)ccc1OCc1ccccc1. The van der Waals surface area contributed by atoms with Crippen LogP contribution in [0.1, 0.15) is 42.1 Å². The van der Waals surface area contributed by atoms with Crippen molar-refractivity contribution in [1.82, 2.24) is 4.90 Å². The number of likely N-dealkylation sites (tertiary alicyclic amines) is 1. The zero-order chi connectivity index (χ0) is 26.5. The highest BCUT2D eigenvalue weighted by molar-refractivity contribution is 6.46. The Labute approximate surface area is 215 Å². The Hall–Kier alpha value is -3.97. The van der Waals surface area contributed by atoms with Gasteiger partial charge in [0.25, 0.3) is 11.7 Å². The van der Waals surface area contributed by atoms with Crippen LogP contribution in [0.4, 0.5) is 4.39 Å². The number of ether oxygens (including phenoxy) is 2.